The number of carbonyl (C=O) groups excluding carboxylic acids is 1. The van der Waals surface area contributed by atoms with Crippen LogP contribution in [0.15, 0.2) is 60.8 Å². The number of para-hydroxylation sites is 1. The summed E-state index contributed by atoms with van der Waals surface area (Å²) in [5.74, 6) is 1.05. The van der Waals surface area contributed by atoms with Crippen molar-refractivity contribution in [3.8, 4) is 11.1 Å². The van der Waals surface area contributed by atoms with Crippen molar-refractivity contribution in [1.82, 2.24) is 9.88 Å². The first kappa shape index (κ1) is 23.5. The van der Waals surface area contributed by atoms with Crippen LogP contribution in [-0.2, 0) is 16.9 Å². The number of aryl methyl sites for hydroxylation is 1. The molecule has 3 aromatic rings. The van der Waals surface area contributed by atoms with Crippen LogP contribution in [0, 0.1) is 6.92 Å². The maximum Gasteiger partial charge on any atom is 0.238 e. The molecule has 0 radical (unpaired) electrons. The van der Waals surface area contributed by atoms with Crippen molar-refractivity contribution in [1.29, 1.82) is 0 Å². The van der Waals surface area contributed by atoms with Gasteiger partial charge < -0.3 is 15.3 Å². The largest absolute Gasteiger partial charge is 0.386 e. The van der Waals surface area contributed by atoms with Crippen molar-refractivity contribution in [2.45, 2.75) is 51.8 Å². The molecular formula is C29H34N4O2. The highest BCUT2D eigenvalue weighted by atomic mass is 16.3. The summed E-state index contributed by atoms with van der Waals surface area (Å²) in [4.78, 5) is 21.9. The van der Waals surface area contributed by atoms with E-state index in [-0.39, 0.29) is 5.91 Å². The molecule has 0 atom stereocenters. The topological polar surface area (TPSA) is 68.7 Å². The van der Waals surface area contributed by atoms with Crippen molar-refractivity contribution in [3.63, 3.8) is 0 Å². The Morgan fingerprint density at radius 2 is 1.80 bits per heavy atom. The van der Waals surface area contributed by atoms with E-state index in [2.05, 4.69) is 46.3 Å². The van der Waals surface area contributed by atoms with Crippen LogP contribution >= 0.6 is 0 Å². The summed E-state index contributed by atoms with van der Waals surface area (Å²) in [6.45, 7) is 8.75. The van der Waals surface area contributed by atoms with Gasteiger partial charge in [-0.3, -0.25) is 9.69 Å². The number of rotatable bonds is 4. The summed E-state index contributed by atoms with van der Waals surface area (Å²) in [6.07, 6.45) is 3.94. The maximum absolute atomic E-state index is 12.5. The van der Waals surface area contributed by atoms with Crippen LogP contribution in [-0.4, -0.2) is 46.6 Å². The van der Waals surface area contributed by atoms with E-state index >= 15 is 0 Å². The van der Waals surface area contributed by atoms with Crippen LogP contribution in [0.25, 0.3) is 11.1 Å². The van der Waals surface area contributed by atoms with Crippen molar-refractivity contribution in [2.24, 2.45) is 0 Å². The number of nitrogens with one attached hydrogen (secondary N) is 1. The number of carbonyl (C=O) groups is 1. The van der Waals surface area contributed by atoms with Crippen molar-refractivity contribution in [2.75, 3.05) is 29.9 Å². The molecule has 6 heteroatoms. The van der Waals surface area contributed by atoms with Crippen LogP contribution < -0.4 is 10.2 Å². The van der Waals surface area contributed by atoms with Crippen LogP contribution in [0.4, 0.5) is 11.5 Å². The van der Waals surface area contributed by atoms with E-state index in [0.29, 0.717) is 12.6 Å². The molecule has 35 heavy (non-hydrogen) atoms. The second-order valence-corrected chi connectivity index (χ2v) is 10.3. The lowest BCUT2D eigenvalue weighted by molar-refractivity contribution is -0.117. The smallest absolute Gasteiger partial charge is 0.238 e. The summed E-state index contributed by atoms with van der Waals surface area (Å²) in [7, 11) is 0. The number of benzene rings is 2. The normalized spacial score (nSPS) is 17.6. The molecule has 1 amide bonds. The molecule has 182 valence electrons. The minimum atomic E-state index is -0.883. The molecule has 2 aliphatic heterocycles. The fourth-order valence-electron chi connectivity index (χ4n) is 5.21. The number of nitrogens with zero attached hydrogens (tertiary/aromatic N) is 3. The summed E-state index contributed by atoms with van der Waals surface area (Å²) in [5.41, 5.74) is 5.48. The Morgan fingerprint density at radius 3 is 2.57 bits per heavy atom. The van der Waals surface area contributed by atoms with E-state index < -0.39 is 5.60 Å². The zero-order chi connectivity index (χ0) is 24.6. The first-order chi connectivity index (χ1) is 16.8. The fraction of sp³-hybridized carbons (Fsp3) is 0.379. The summed E-state index contributed by atoms with van der Waals surface area (Å²) < 4.78 is 0. The molecule has 1 saturated heterocycles. The number of hydrogen-bond donors (Lipinski definition) is 2. The average Bonchev–Trinajstić information content (AvgIpc) is 3.02. The predicted octanol–water partition coefficient (Wildman–Crippen LogP) is 4.71. The highest BCUT2D eigenvalue weighted by molar-refractivity contribution is 5.93. The van der Waals surface area contributed by atoms with Crippen molar-refractivity contribution >= 4 is 17.4 Å². The number of amides is 1. The lowest BCUT2D eigenvalue weighted by Gasteiger charge is -2.38. The van der Waals surface area contributed by atoms with Gasteiger partial charge in [0.05, 0.1) is 12.1 Å². The van der Waals surface area contributed by atoms with E-state index in [1.165, 1.54) is 5.56 Å². The van der Waals surface area contributed by atoms with Gasteiger partial charge in [-0.05, 0) is 79.6 Å². The average molecular weight is 471 g/mol. The van der Waals surface area contributed by atoms with Gasteiger partial charge in [-0.1, -0.05) is 36.4 Å². The minimum Gasteiger partial charge on any atom is -0.386 e. The molecule has 0 bridgehead atoms. The van der Waals surface area contributed by atoms with E-state index in [1.807, 2.05) is 50.4 Å². The van der Waals surface area contributed by atoms with Gasteiger partial charge in [0.15, 0.2) is 0 Å². The number of pyridine rings is 1. The van der Waals surface area contributed by atoms with E-state index in [4.69, 9.17) is 4.98 Å². The van der Waals surface area contributed by atoms with Gasteiger partial charge >= 0.3 is 0 Å². The summed E-state index contributed by atoms with van der Waals surface area (Å²) in [5, 5.41) is 13.5. The van der Waals surface area contributed by atoms with Gasteiger partial charge in [-0.2, -0.15) is 0 Å². The summed E-state index contributed by atoms with van der Waals surface area (Å²) in [6, 6.07) is 18.8. The third-order valence-electron chi connectivity index (χ3n) is 7.29. The van der Waals surface area contributed by atoms with Crippen LogP contribution in [0.2, 0.25) is 0 Å². The molecule has 5 rings (SSSR count). The van der Waals surface area contributed by atoms with E-state index in [0.717, 1.165) is 66.2 Å². The highest BCUT2D eigenvalue weighted by Crippen LogP contribution is 2.32. The van der Waals surface area contributed by atoms with Crippen LogP contribution in [0.3, 0.4) is 0 Å². The third-order valence-corrected chi connectivity index (χ3v) is 7.29. The maximum atomic E-state index is 12.5. The third kappa shape index (κ3) is 5.09. The monoisotopic (exact) mass is 470 g/mol. The molecule has 6 nitrogen and oxygen atoms in total. The Bertz CT molecular complexity index is 1230. The molecule has 2 aliphatic rings. The number of anilines is 2. The quantitative estimate of drug-likeness (QED) is 0.578. The molecule has 1 aromatic heterocycles. The Labute approximate surface area is 207 Å². The lowest BCUT2D eigenvalue weighted by Crippen LogP contribution is -2.46. The van der Waals surface area contributed by atoms with Crippen molar-refractivity contribution in [3.05, 3.63) is 77.5 Å². The van der Waals surface area contributed by atoms with Crippen LogP contribution in [0.1, 0.15) is 43.4 Å². The zero-order valence-corrected chi connectivity index (χ0v) is 20.8. The van der Waals surface area contributed by atoms with E-state index in [9.17, 15) is 9.90 Å². The molecule has 3 heterocycles. The van der Waals surface area contributed by atoms with E-state index in [1.54, 1.807) is 0 Å². The second kappa shape index (κ2) is 9.44. The Balaban J connectivity index is 1.31. The lowest BCUT2D eigenvalue weighted by atomic mass is 9.93. The predicted molar refractivity (Wildman–Crippen MR) is 140 cm³/mol. The molecule has 0 spiro atoms. The fourth-order valence-corrected chi connectivity index (χ4v) is 5.21. The Kier molecular flexibility index (Phi) is 6.34. The van der Waals surface area contributed by atoms with Crippen LogP contribution in [0.5, 0.6) is 0 Å². The van der Waals surface area contributed by atoms with Gasteiger partial charge in [-0.15, -0.1) is 0 Å². The molecular weight excluding hydrogens is 436 g/mol. The minimum absolute atomic E-state index is 0.0653. The van der Waals surface area contributed by atoms with Gasteiger partial charge in [-0.25, -0.2) is 4.98 Å². The standard InChI is InChI=1S/C29H34N4O2/c1-20-17-30-27(16-25(20)21-8-6-9-23(15-21)29(2,3)35)32-13-11-24(12-14-32)33-18-22-7-4-5-10-26(22)31-28(34)19-33/h4-10,15-17,24,35H,11-14,18-19H2,1-3H3,(H,31,34). The zero-order valence-electron chi connectivity index (χ0n) is 20.8. The SMILES string of the molecule is Cc1cnc(N2CCC(N3CC(=O)Nc4ccccc4C3)CC2)cc1-c1cccc(C(C)(C)O)c1. The Morgan fingerprint density at radius 1 is 1.03 bits per heavy atom. The van der Waals surface area contributed by atoms with Gasteiger partial charge in [0.1, 0.15) is 5.82 Å². The number of aliphatic hydroxyl groups is 1. The van der Waals surface area contributed by atoms with Crippen molar-refractivity contribution < 1.29 is 9.90 Å². The molecule has 0 unspecified atom stereocenters. The molecule has 2 N–H and O–H groups in total. The first-order valence-corrected chi connectivity index (χ1v) is 12.4. The highest BCUT2D eigenvalue weighted by Gasteiger charge is 2.29. The number of hydrogen-bond acceptors (Lipinski definition) is 5. The first-order valence-electron chi connectivity index (χ1n) is 12.4. The number of fused-ring (bicyclic) bond motifs is 1. The van der Waals surface area contributed by atoms with Gasteiger partial charge in [0, 0.05) is 37.6 Å². The molecule has 0 saturated carbocycles. The molecule has 2 aromatic carbocycles. The van der Waals surface area contributed by atoms with Gasteiger partial charge in [0.25, 0.3) is 0 Å². The second-order valence-electron chi connectivity index (χ2n) is 10.3. The number of piperidine rings is 1. The summed E-state index contributed by atoms with van der Waals surface area (Å²) >= 11 is 0. The molecule has 1 fully saturated rings. The molecule has 0 aliphatic carbocycles. The van der Waals surface area contributed by atoms with Gasteiger partial charge in [0.2, 0.25) is 5.91 Å². The Hall–Kier alpha value is -3.22. The number of aromatic nitrogens is 1.